The van der Waals surface area contributed by atoms with Crippen LogP contribution in [-0.2, 0) is 4.79 Å². The molecule has 1 rings (SSSR count). The van der Waals surface area contributed by atoms with E-state index in [1.165, 1.54) is 25.7 Å². The van der Waals surface area contributed by atoms with Gasteiger partial charge in [0.1, 0.15) is 5.78 Å². The summed E-state index contributed by atoms with van der Waals surface area (Å²) in [6.07, 6.45) is 10.7. The van der Waals surface area contributed by atoms with E-state index in [1.807, 2.05) is 0 Å². The third-order valence-corrected chi connectivity index (χ3v) is 3.69. The lowest BCUT2D eigenvalue weighted by Crippen LogP contribution is -2.17. The summed E-state index contributed by atoms with van der Waals surface area (Å²) in [6.45, 7) is 4.37. The lowest BCUT2D eigenvalue weighted by atomic mass is 9.88. The summed E-state index contributed by atoms with van der Waals surface area (Å²) in [7, 11) is 0. The van der Waals surface area contributed by atoms with Gasteiger partial charge in [-0.05, 0) is 18.8 Å². The second kappa shape index (κ2) is 7.03. The number of carbonyl (C=O) groups is 1. The van der Waals surface area contributed by atoms with Gasteiger partial charge in [-0.2, -0.15) is 0 Å². The highest BCUT2D eigenvalue weighted by molar-refractivity contribution is 5.81. The Balaban J connectivity index is 2.33. The molecule has 1 fully saturated rings. The highest BCUT2D eigenvalue weighted by Crippen LogP contribution is 2.30. The monoisotopic (exact) mass is 210 g/mol. The first kappa shape index (κ1) is 12.7. The van der Waals surface area contributed by atoms with E-state index in [0.29, 0.717) is 11.7 Å². The van der Waals surface area contributed by atoms with Crippen molar-refractivity contribution in [2.75, 3.05) is 0 Å². The van der Waals surface area contributed by atoms with E-state index < -0.39 is 0 Å². The Morgan fingerprint density at radius 2 is 1.67 bits per heavy atom. The predicted octanol–water partition coefficient (Wildman–Crippen LogP) is 4.35. The minimum atomic E-state index is 0.376. The molecule has 0 bridgehead atoms. The Hall–Kier alpha value is -0.330. The van der Waals surface area contributed by atoms with Crippen molar-refractivity contribution < 1.29 is 4.79 Å². The zero-order valence-electron chi connectivity index (χ0n) is 10.4. The second-order valence-electron chi connectivity index (χ2n) is 5.10. The number of ketones is 1. The maximum Gasteiger partial charge on any atom is 0.136 e. The topological polar surface area (TPSA) is 17.1 Å². The smallest absolute Gasteiger partial charge is 0.136 e. The van der Waals surface area contributed by atoms with Gasteiger partial charge in [0.15, 0.2) is 0 Å². The first-order chi connectivity index (χ1) is 7.27. The molecule has 1 aliphatic rings. The maximum atomic E-state index is 12.1. The molecule has 1 heteroatoms. The molecule has 0 unspecified atom stereocenters. The van der Waals surface area contributed by atoms with Crippen molar-refractivity contribution in [2.45, 2.75) is 71.6 Å². The van der Waals surface area contributed by atoms with Crippen LogP contribution >= 0.6 is 0 Å². The molecule has 1 aliphatic carbocycles. The molecule has 0 aromatic rings. The summed E-state index contributed by atoms with van der Waals surface area (Å²) in [4.78, 5) is 12.1. The summed E-state index contributed by atoms with van der Waals surface area (Å²) in [5, 5.41) is 0. The largest absolute Gasteiger partial charge is 0.299 e. The summed E-state index contributed by atoms with van der Waals surface area (Å²) in [6, 6.07) is 0. The third-order valence-electron chi connectivity index (χ3n) is 3.69. The average Bonchev–Trinajstić information content (AvgIpc) is 2.70. The van der Waals surface area contributed by atoms with Gasteiger partial charge in [0, 0.05) is 12.3 Å². The van der Waals surface area contributed by atoms with Crippen LogP contribution in [0.3, 0.4) is 0 Å². The summed E-state index contributed by atoms with van der Waals surface area (Å²) >= 11 is 0. The highest BCUT2D eigenvalue weighted by Gasteiger charge is 2.23. The van der Waals surface area contributed by atoms with Gasteiger partial charge >= 0.3 is 0 Å². The molecule has 0 aromatic carbocycles. The van der Waals surface area contributed by atoms with E-state index in [0.717, 1.165) is 38.0 Å². The van der Waals surface area contributed by atoms with E-state index in [4.69, 9.17) is 0 Å². The fraction of sp³-hybridized carbons (Fsp3) is 0.929. The van der Waals surface area contributed by atoms with Gasteiger partial charge in [0.25, 0.3) is 0 Å². The van der Waals surface area contributed by atoms with Crippen LogP contribution in [0.1, 0.15) is 71.6 Å². The van der Waals surface area contributed by atoms with Crippen molar-refractivity contribution >= 4 is 5.78 Å². The summed E-state index contributed by atoms with van der Waals surface area (Å²) in [5.41, 5.74) is 0. The molecule has 0 aliphatic heterocycles. The zero-order valence-corrected chi connectivity index (χ0v) is 10.4. The first-order valence-electron chi connectivity index (χ1n) is 6.80. The molecule has 0 heterocycles. The van der Waals surface area contributed by atoms with Crippen molar-refractivity contribution in [1.82, 2.24) is 0 Å². The van der Waals surface area contributed by atoms with Gasteiger partial charge in [-0.1, -0.05) is 52.4 Å². The van der Waals surface area contributed by atoms with Crippen LogP contribution in [0.5, 0.6) is 0 Å². The number of rotatable bonds is 7. The lowest BCUT2D eigenvalue weighted by molar-refractivity contribution is -0.124. The van der Waals surface area contributed by atoms with Gasteiger partial charge in [-0.25, -0.2) is 0 Å². The molecule has 15 heavy (non-hydrogen) atoms. The zero-order chi connectivity index (χ0) is 11.1. The van der Waals surface area contributed by atoms with Crippen molar-refractivity contribution in [1.29, 1.82) is 0 Å². The van der Waals surface area contributed by atoms with Crippen LogP contribution in [0.2, 0.25) is 0 Å². The Morgan fingerprint density at radius 1 is 1.13 bits per heavy atom. The quantitative estimate of drug-likeness (QED) is 0.610. The Kier molecular flexibility index (Phi) is 5.97. The average molecular weight is 210 g/mol. The standard InChI is InChI=1S/C14H26O/c1-3-7-13(8-4-2)14(15)11-12-9-5-6-10-12/h12-13H,3-11H2,1-2H3. The number of hydrogen-bond acceptors (Lipinski definition) is 1. The van der Waals surface area contributed by atoms with Crippen molar-refractivity contribution in [3.05, 3.63) is 0 Å². The number of Topliss-reactive ketones (excluding diaryl/α,β-unsaturated/α-hetero) is 1. The molecule has 0 spiro atoms. The van der Waals surface area contributed by atoms with Crippen LogP contribution in [0.4, 0.5) is 0 Å². The van der Waals surface area contributed by atoms with E-state index in [2.05, 4.69) is 13.8 Å². The molecule has 0 saturated heterocycles. The second-order valence-corrected chi connectivity index (χ2v) is 5.10. The normalized spacial score (nSPS) is 17.5. The van der Waals surface area contributed by atoms with Crippen molar-refractivity contribution in [3.63, 3.8) is 0 Å². The van der Waals surface area contributed by atoms with Crippen molar-refractivity contribution in [2.24, 2.45) is 11.8 Å². The van der Waals surface area contributed by atoms with Gasteiger partial charge in [-0.15, -0.1) is 0 Å². The minimum Gasteiger partial charge on any atom is -0.299 e. The molecule has 1 saturated carbocycles. The summed E-state index contributed by atoms with van der Waals surface area (Å²) in [5.74, 6) is 1.67. The van der Waals surface area contributed by atoms with E-state index in [-0.39, 0.29) is 0 Å². The Morgan fingerprint density at radius 3 is 2.13 bits per heavy atom. The SMILES string of the molecule is CCCC(CCC)C(=O)CC1CCCC1. The van der Waals surface area contributed by atoms with Gasteiger partial charge in [-0.3, -0.25) is 4.79 Å². The molecule has 0 aromatic heterocycles. The van der Waals surface area contributed by atoms with Gasteiger partial charge < -0.3 is 0 Å². The van der Waals surface area contributed by atoms with E-state index >= 15 is 0 Å². The van der Waals surface area contributed by atoms with Crippen LogP contribution < -0.4 is 0 Å². The number of carbonyl (C=O) groups excluding carboxylic acids is 1. The fourth-order valence-electron chi connectivity index (χ4n) is 2.83. The highest BCUT2D eigenvalue weighted by atomic mass is 16.1. The lowest BCUT2D eigenvalue weighted by Gasteiger charge is -2.16. The molecule has 0 amide bonds. The first-order valence-corrected chi connectivity index (χ1v) is 6.80. The maximum absolute atomic E-state index is 12.1. The molecule has 0 radical (unpaired) electrons. The Labute approximate surface area is 94.6 Å². The minimum absolute atomic E-state index is 0.376. The van der Waals surface area contributed by atoms with E-state index in [1.54, 1.807) is 0 Å². The van der Waals surface area contributed by atoms with Crippen LogP contribution in [0.25, 0.3) is 0 Å². The molecule has 0 N–H and O–H groups in total. The fourth-order valence-corrected chi connectivity index (χ4v) is 2.83. The van der Waals surface area contributed by atoms with Gasteiger partial charge in [0.2, 0.25) is 0 Å². The predicted molar refractivity (Wildman–Crippen MR) is 64.9 cm³/mol. The van der Waals surface area contributed by atoms with E-state index in [9.17, 15) is 4.79 Å². The molecular weight excluding hydrogens is 184 g/mol. The van der Waals surface area contributed by atoms with Crippen molar-refractivity contribution in [3.8, 4) is 0 Å². The van der Waals surface area contributed by atoms with Crippen LogP contribution in [0.15, 0.2) is 0 Å². The Bertz CT molecular complexity index is 174. The van der Waals surface area contributed by atoms with Crippen LogP contribution in [0, 0.1) is 11.8 Å². The molecule has 0 atom stereocenters. The molecule has 88 valence electrons. The molecule has 1 nitrogen and oxygen atoms in total. The summed E-state index contributed by atoms with van der Waals surface area (Å²) < 4.78 is 0. The van der Waals surface area contributed by atoms with Gasteiger partial charge in [0.05, 0.1) is 0 Å². The third kappa shape index (κ3) is 4.36. The molecular formula is C14H26O. The van der Waals surface area contributed by atoms with Crippen LogP contribution in [-0.4, -0.2) is 5.78 Å². The number of hydrogen-bond donors (Lipinski definition) is 0.